The van der Waals surface area contributed by atoms with Crippen LogP contribution in [0.2, 0.25) is 0 Å². The summed E-state index contributed by atoms with van der Waals surface area (Å²) in [6, 6.07) is 6.50. The van der Waals surface area contributed by atoms with Gasteiger partial charge < -0.3 is 5.32 Å². The third-order valence-corrected chi connectivity index (χ3v) is 3.48. The summed E-state index contributed by atoms with van der Waals surface area (Å²) in [5.41, 5.74) is 0.912. The van der Waals surface area contributed by atoms with Gasteiger partial charge in [0.15, 0.2) is 11.5 Å². The molecular formula is C15H24N4. The predicted octanol–water partition coefficient (Wildman–Crippen LogP) is 3.18. The Morgan fingerprint density at radius 1 is 1.21 bits per heavy atom. The second-order valence-corrected chi connectivity index (χ2v) is 5.18. The van der Waals surface area contributed by atoms with Gasteiger partial charge in [-0.15, -0.1) is 10.2 Å². The van der Waals surface area contributed by atoms with Gasteiger partial charge in [0, 0.05) is 12.2 Å². The lowest BCUT2D eigenvalue weighted by Crippen LogP contribution is -2.26. The van der Waals surface area contributed by atoms with Gasteiger partial charge in [-0.3, -0.25) is 4.40 Å². The van der Waals surface area contributed by atoms with Gasteiger partial charge in [-0.25, -0.2) is 0 Å². The van der Waals surface area contributed by atoms with E-state index in [1.165, 1.54) is 32.1 Å². The first kappa shape index (κ1) is 14.0. The number of unbranched alkanes of at least 4 members (excludes halogenated alkanes) is 3. The molecule has 0 aromatic carbocycles. The third-order valence-electron chi connectivity index (χ3n) is 3.48. The van der Waals surface area contributed by atoms with Crippen molar-refractivity contribution >= 4 is 5.65 Å². The normalized spacial score (nSPS) is 12.9. The van der Waals surface area contributed by atoms with Crippen molar-refractivity contribution in [2.24, 2.45) is 0 Å². The molecule has 1 unspecified atom stereocenters. The number of hydrogen-bond acceptors (Lipinski definition) is 3. The summed E-state index contributed by atoms with van der Waals surface area (Å²) < 4.78 is 2.04. The Balaban J connectivity index is 1.78. The molecule has 0 aliphatic heterocycles. The zero-order valence-electron chi connectivity index (χ0n) is 12.0. The lowest BCUT2D eigenvalue weighted by atomic mass is 10.1. The van der Waals surface area contributed by atoms with Crippen LogP contribution in [0.15, 0.2) is 24.4 Å². The Bertz CT molecular complexity index is 492. The minimum absolute atomic E-state index is 0.535. The first-order chi connectivity index (χ1) is 9.31. The van der Waals surface area contributed by atoms with Crippen LogP contribution in [0.5, 0.6) is 0 Å². The Morgan fingerprint density at radius 3 is 2.95 bits per heavy atom. The van der Waals surface area contributed by atoms with Gasteiger partial charge in [-0.1, -0.05) is 38.7 Å². The number of hydrogen-bond donors (Lipinski definition) is 1. The molecule has 4 nitrogen and oxygen atoms in total. The molecule has 0 saturated heterocycles. The smallest absolute Gasteiger partial charge is 0.160 e. The molecule has 2 aromatic rings. The number of nitrogens with zero attached hydrogens (tertiary/aromatic N) is 3. The first-order valence-corrected chi connectivity index (χ1v) is 7.33. The molecule has 2 aromatic heterocycles. The molecule has 1 N–H and O–H groups in total. The van der Waals surface area contributed by atoms with Crippen molar-refractivity contribution in [2.45, 2.75) is 58.5 Å². The van der Waals surface area contributed by atoms with Crippen LogP contribution in [0.25, 0.3) is 5.65 Å². The highest BCUT2D eigenvalue weighted by Crippen LogP contribution is 2.07. The van der Waals surface area contributed by atoms with E-state index in [0.717, 1.165) is 18.0 Å². The minimum atomic E-state index is 0.535. The highest BCUT2D eigenvalue weighted by molar-refractivity contribution is 5.36. The summed E-state index contributed by atoms with van der Waals surface area (Å²) in [6.07, 6.45) is 8.54. The Hall–Kier alpha value is -1.42. The summed E-state index contributed by atoms with van der Waals surface area (Å²) in [7, 11) is 0. The number of pyridine rings is 1. The van der Waals surface area contributed by atoms with Crippen molar-refractivity contribution < 1.29 is 0 Å². The van der Waals surface area contributed by atoms with E-state index in [2.05, 4.69) is 29.4 Å². The third kappa shape index (κ3) is 4.03. The molecule has 1 atom stereocenters. The maximum atomic E-state index is 4.23. The largest absolute Gasteiger partial charge is 0.307 e. The van der Waals surface area contributed by atoms with Crippen LogP contribution in [-0.4, -0.2) is 20.6 Å². The van der Waals surface area contributed by atoms with Gasteiger partial charge in [0.2, 0.25) is 0 Å². The zero-order chi connectivity index (χ0) is 13.5. The van der Waals surface area contributed by atoms with Crippen molar-refractivity contribution in [1.82, 2.24) is 19.9 Å². The Morgan fingerprint density at radius 2 is 2.11 bits per heavy atom. The fraction of sp³-hybridized carbons (Fsp3) is 0.600. The van der Waals surface area contributed by atoms with E-state index in [9.17, 15) is 0 Å². The van der Waals surface area contributed by atoms with Crippen LogP contribution in [0.3, 0.4) is 0 Å². The average molecular weight is 260 g/mol. The molecule has 4 heteroatoms. The lowest BCUT2D eigenvalue weighted by Gasteiger charge is -2.12. The van der Waals surface area contributed by atoms with E-state index < -0.39 is 0 Å². The highest BCUT2D eigenvalue weighted by Gasteiger charge is 2.06. The lowest BCUT2D eigenvalue weighted by molar-refractivity contribution is 0.475. The van der Waals surface area contributed by atoms with Gasteiger partial charge in [0.1, 0.15) is 0 Å². The van der Waals surface area contributed by atoms with Crippen LogP contribution >= 0.6 is 0 Å². The molecule has 0 bridgehead atoms. The number of fused-ring (bicyclic) bond motifs is 1. The molecule has 19 heavy (non-hydrogen) atoms. The number of rotatable bonds is 8. The first-order valence-electron chi connectivity index (χ1n) is 7.33. The van der Waals surface area contributed by atoms with E-state index in [-0.39, 0.29) is 0 Å². The fourth-order valence-electron chi connectivity index (χ4n) is 2.26. The molecular weight excluding hydrogens is 236 g/mol. The molecule has 0 saturated carbocycles. The topological polar surface area (TPSA) is 42.2 Å². The van der Waals surface area contributed by atoms with E-state index in [1.807, 2.05) is 28.8 Å². The molecule has 0 aliphatic rings. The standard InChI is InChI=1S/C15H24N4/c1-3-4-5-6-9-13(2)16-12-15-18-17-14-10-7-8-11-19(14)15/h7-8,10-11,13,16H,3-6,9,12H2,1-2H3. The van der Waals surface area contributed by atoms with E-state index in [1.54, 1.807) is 0 Å². The predicted molar refractivity (Wildman–Crippen MR) is 78.0 cm³/mol. The van der Waals surface area contributed by atoms with Gasteiger partial charge in [0.05, 0.1) is 6.54 Å². The Labute approximate surface area is 115 Å². The summed E-state index contributed by atoms with van der Waals surface area (Å²) >= 11 is 0. The molecule has 0 radical (unpaired) electrons. The van der Waals surface area contributed by atoms with Crippen molar-refractivity contribution in [3.63, 3.8) is 0 Å². The maximum Gasteiger partial charge on any atom is 0.160 e. The number of nitrogens with one attached hydrogen (secondary N) is 1. The minimum Gasteiger partial charge on any atom is -0.307 e. The molecule has 0 fully saturated rings. The van der Waals surface area contributed by atoms with E-state index in [4.69, 9.17) is 0 Å². The molecule has 0 spiro atoms. The second-order valence-electron chi connectivity index (χ2n) is 5.18. The average Bonchev–Trinajstić information content (AvgIpc) is 2.85. The summed E-state index contributed by atoms with van der Waals surface area (Å²) in [6.45, 7) is 5.27. The molecule has 0 amide bonds. The zero-order valence-corrected chi connectivity index (χ0v) is 12.0. The Kier molecular flexibility index (Phi) is 5.33. The van der Waals surface area contributed by atoms with Crippen LogP contribution in [0.1, 0.15) is 51.8 Å². The van der Waals surface area contributed by atoms with E-state index in [0.29, 0.717) is 6.04 Å². The second kappa shape index (κ2) is 7.24. The summed E-state index contributed by atoms with van der Waals surface area (Å²) in [5, 5.41) is 11.9. The van der Waals surface area contributed by atoms with E-state index >= 15 is 0 Å². The quantitative estimate of drug-likeness (QED) is 0.741. The van der Waals surface area contributed by atoms with Crippen molar-refractivity contribution in [3.8, 4) is 0 Å². The highest BCUT2D eigenvalue weighted by atomic mass is 15.3. The van der Waals surface area contributed by atoms with Crippen LogP contribution in [0.4, 0.5) is 0 Å². The van der Waals surface area contributed by atoms with Gasteiger partial charge in [-0.05, 0) is 25.5 Å². The fourth-order valence-corrected chi connectivity index (χ4v) is 2.26. The summed E-state index contributed by atoms with van der Waals surface area (Å²) in [4.78, 5) is 0. The molecule has 2 rings (SSSR count). The van der Waals surface area contributed by atoms with Crippen LogP contribution in [-0.2, 0) is 6.54 Å². The monoisotopic (exact) mass is 260 g/mol. The molecule has 2 heterocycles. The number of aromatic nitrogens is 3. The van der Waals surface area contributed by atoms with Gasteiger partial charge in [-0.2, -0.15) is 0 Å². The molecule has 104 valence electrons. The van der Waals surface area contributed by atoms with Gasteiger partial charge in [0.25, 0.3) is 0 Å². The van der Waals surface area contributed by atoms with Crippen molar-refractivity contribution in [3.05, 3.63) is 30.2 Å². The molecule has 0 aliphatic carbocycles. The van der Waals surface area contributed by atoms with Crippen LogP contribution in [0, 0.1) is 0 Å². The van der Waals surface area contributed by atoms with Crippen molar-refractivity contribution in [2.75, 3.05) is 0 Å². The SMILES string of the molecule is CCCCCCC(C)NCc1nnc2ccccn12. The van der Waals surface area contributed by atoms with Crippen LogP contribution < -0.4 is 5.32 Å². The maximum absolute atomic E-state index is 4.23. The van der Waals surface area contributed by atoms with Crippen molar-refractivity contribution in [1.29, 1.82) is 0 Å². The van der Waals surface area contributed by atoms with Gasteiger partial charge >= 0.3 is 0 Å². The summed E-state index contributed by atoms with van der Waals surface area (Å²) in [5.74, 6) is 0.982.